The number of amides is 3. The molecule has 3 aromatic rings. The Balaban J connectivity index is 1.50. The summed E-state index contributed by atoms with van der Waals surface area (Å²) in [5.41, 5.74) is 5.46. The maximum atomic E-state index is 13.2. The molecule has 0 fully saturated rings. The molecule has 0 spiro atoms. The van der Waals surface area contributed by atoms with Crippen LogP contribution < -0.4 is 20.8 Å². The molecule has 0 aliphatic rings. The first-order chi connectivity index (χ1) is 16.7. The molecule has 3 N–H and O–H groups in total. The van der Waals surface area contributed by atoms with Crippen LogP contribution in [-0.4, -0.2) is 30.5 Å². The van der Waals surface area contributed by atoms with Crippen molar-refractivity contribution >= 4 is 46.9 Å². The van der Waals surface area contributed by atoms with Crippen molar-refractivity contribution in [1.29, 1.82) is 0 Å². The Morgan fingerprint density at radius 1 is 1.00 bits per heavy atom. The van der Waals surface area contributed by atoms with E-state index >= 15 is 0 Å². The van der Waals surface area contributed by atoms with Crippen LogP contribution in [0.15, 0.2) is 65.8 Å². The van der Waals surface area contributed by atoms with Crippen LogP contribution in [0.25, 0.3) is 0 Å². The van der Waals surface area contributed by atoms with Gasteiger partial charge >= 0.3 is 11.8 Å². The number of rotatable bonds is 7. The number of nitrogens with one attached hydrogen (secondary N) is 3. The third-order valence-corrected chi connectivity index (χ3v) is 5.16. The molecule has 180 valence electrons. The van der Waals surface area contributed by atoms with Crippen molar-refractivity contribution in [3.8, 4) is 5.75 Å². The van der Waals surface area contributed by atoms with Crippen LogP contribution in [0, 0.1) is 19.7 Å². The van der Waals surface area contributed by atoms with E-state index in [1.807, 2.05) is 19.9 Å². The molecule has 3 amide bonds. The zero-order valence-corrected chi connectivity index (χ0v) is 19.7. The fraction of sp³-hybridized carbons (Fsp3) is 0.120. The molecule has 0 aliphatic carbocycles. The van der Waals surface area contributed by atoms with E-state index in [0.29, 0.717) is 22.7 Å². The lowest BCUT2D eigenvalue weighted by Gasteiger charge is -2.09. The SMILES string of the molecule is Cc1cccc(NC(=O)C(=O)N/N=C\c2cccc(OCC(=O)Nc3ccc(F)c(Cl)c3)c2)c1C. The molecule has 10 heteroatoms. The van der Waals surface area contributed by atoms with Crippen LogP contribution in [0.4, 0.5) is 15.8 Å². The van der Waals surface area contributed by atoms with Gasteiger partial charge in [0.25, 0.3) is 5.91 Å². The maximum Gasteiger partial charge on any atom is 0.329 e. The summed E-state index contributed by atoms with van der Waals surface area (Å²) in [6, 6.07) is 15.8. The minimum Gasteiger partial charge on any atom is -0.484 e. The number of hydrogen-bond acceptors (Lipinski definition) is 5. The van der Waals surface area contributed by atoms with Crippen LogP contribution in [0.1, 0.15) is 16.7 Å². The fourth-order valence-electron chi connectivity index (χ4n) is 2.89. The second kappa shape index (κ2) is 11.8. The zero-order chi connectivity index (χ0) is 25.4. The summed E-state index contributed by atoms with van der Waals surface area (Å²) in [5.74, 6) is -2.44. The molecule has 0 aliphatic heterocycles. The summed E-state index contributed by atoms with van der Waals surface area (Å²) >= 11 is 5.70. The van der Waals surface area contributed by atoms with Crippen molar-refractivity contribution in [2.45, 2.75) is 13.8 Å². The molecule has 0 saturated heterocycles. The topological polar surface area (TPSA) is 109 Å². The Kier molecular flexibility index (Phi) is 8.53. The molecule has 0 unspecified atom stereocenters. The van der Waals surface area contributed by atoms with Crippen molar-refractivity contribution in [1.82, 2.24) is 5.43 Å². The van der Waals surface area contributed by atoms with Crippen molar-refractivity contribution in [3.63, 3.8) is 0 Å². The van der Waals surface area contributed by atoms with Gasteiger partial charge in [-0.25, -0.2) is 9.82 Å². The average molecular weight is 497 g/mol. The molecule has 35 heavy (non-hydrogen) atoms. The Morgan fingerprint density at radius 2 is 1.77 bits per heavy atom. The number of hydrazone groups is 1. The number of halogens is 2. The van der Waals surface area contributed by atoms with Gasteiger partial charge < -0.3 is 15.4 Å². The standard InChI is InChI=1S/C25H22ClFN4O4/c1-15-5-3-8-22(16(15)2)30-24(33)25(34)31-28-13-17-6-4-7-19(11-17)35-14-23(32)29-18-9-10-21(27)20(26)12-18/h3-13H,14H2,1-2H3,(H,29,32)(H,30,33)(H,31,34)/b28-13-. The molecule has 0 radical (unpaired) electrons. The van der Waals surface area contributed by atoms with Gasteiger partial charge in [-0.2, -0.15) is 5.10 Å². The van der Waals surface area contributed by atoms with Crippen LogP contribution in [0.2, 0.25) is 5.02 Å². The first-order valence-corrected chi connectivity index (χ1v) is 10.8. The summed E-state index contributed by atoms with van der Waals surface area (Å²) in [5, 5.41) is 8.78. The summed E-state index contributed by atoms with van der Waals surface area (Å²) in [4.78, 5) is 36.2. The van der Waals surface area contributed by atoms with Gasteiger partial charge in [0.15, 0.2) is 6.61 Å². The molecular formula is C25H22ClFN4O4. The first kappa shape index (κ1) is 25.4. The Hall–Kier alpha value is -4.24. The van der Waals surface area contributed by atoms with Crippen molar-refractivity contribution < 1.29 is 23.5 Å². The highest BCUT2D eigenvalue weighted by Crippen LogP contribution is 2.20. The molecular weight excluding hydrogens is 475 g/mol. The number of benzene rings is 3. The molecule has 0 aromatic heterocycles. The average Bonchev–Trinajstić information content (AvgIpc) is 2.83. The van der Waals surface area contributed by atoms with Crippen LogP contribution in [0.5, 0.6) is 5.75 Å². The summed E-state index contributed by atoms with van der Waals surface area (Å²) in [6.45, 7) is 3.45. The Morgan fingerprint density at radius 3 is 2.54 bits per heavy atom. The highest BCUT2D eigenvalue weighted by atomic mass is 35.5. The zero-order valence-electron chi connectivity index (χ0n) is 18.9. The van der Waals surface area contributed by atoms with E-state index in [1.54, 1.807) is 36.4 Å². The van der Waals surface area contributed by atoms with Gasteiger partial charge in [0.2, 0.25) is 0 Å². The van der Waals surface area contributed by atoms with Crippen LogP contribution >= 0.6 is 11.6 Å². The molecule has 0 saturated carbocycles. The molecule has 0 atom stereocenters. The van der Waals surface area contributed by atoms with Gasteiger partial charge in [-0.1, -0.05) is 35.9 Å². The minimum atomic E-state index is -0.924. The van der Waals surface area contributed by atoms with E-state index in [1.165, 1.54) is 18.3 Å². The quantitative estimate of drug-likeness (QED) is 0.259. The predicted octanol–water partition coefficient (Wildman–Crippen LogP) is 4.20. The van der Waals surface area contributed by atoms with E-state index in [4.69, 9.17) is 16.3 Å². The number of ether oxygens (including phenoxy) is 1. The number of hydrogen-bond donors (Lipinski definition) is 3. The number of aryl methyl sites for hydroxylation is 1. The van der Waals surface area contributed by atoms with Crippen LogP contribution in [0.3, 0.4) is 0 Å². The summed E-state index contributed by atoms with van der Waals surface area (Å²) < 4.78 is 18.7. The van der Waals surface area contributed by atoms with Gasteiger partial charge in [-0.3, -0.25) is 14.4 Å². The van der Waals surface area contributed by atoms with Crippen molar-refractivity contribution in [3.05, 3.63) is 88.2 Å². The lowest BCUT2D eigenvalue weighted by Crippen LogP contribution is -2.32. The summed E-state index contributed by atoms with van der Waals surface area (Å²) in [7, 11) is 0. The van der Waals surface area contributed by atoms with Gasteiger partial charge in [0.1, 0.15) is 11.6 Å². The normalized spacial score (nSPS) is 10.6. The Bertz CT molecular complexity index is 1300. The van der Waals surface area contributed by atoms with Gasteiger partial charge in [0, 0.05) is 11.4 Å². The second-order valence-electron chi connectivity index (χ2n) is 7.44. The van der Waals surface area contributed by atoms with E-state index in [0.717, 1.165) is 17.2 Å². The minimum absolute atomic E-state index is 0.106. The van der Waals surface area contributed by atoms with E-state index in [-0.39, 0.29) is 11.6 Å². The molecule has 3 rings (SSSR count). The smallest absolute Gasteiger partial charge is 0.329 e. The number of carbonyl (C=O) groups excluding carboxylic acids is 3. The second-order valence-corrected chi connectivity index (χ2v) is 7.85. The maximum absolute atomic E-state index is 13.2. The highest BCUT2D eigenvalue weighted by Gasteiger charge is 2.14. The van der Waals surface area contributed by atoms with Gasteiger partial charge in [0.05, 0.1) is 11.2 Å². The predicted molar refractivity (Wildman–Crippen MR) is 132 cm³/mol. The van der Waals surface area contributed by atoms with Crippen molar-refractivity contribution in [2.75, 3.05) is 17.2 Å². The number of nitrogens with zero attached hydrogens (tertiary/aromatic N) is 1. The largest absolute Gasteiger partial charge is 0.484 e. The lowest BCUT2D eigenvalue weighted by atomic mass is 10.1. The molecule has 0 bridgehead atoms. The van der Waals surface area contributed by atoms with E-state index in [9.17, 15) is 18.8 Å². The van der Waals surface area contributed by atoms with Gasteiger partial charge in [-0.05, 0) is 66.9 Å². The third-order valence-electron chi connectivity index (χ3n) is 4.87. The third kappa shape index (κ3) is 7.38. The van der Waals surface area contributed by atoms with Gasteiger partial charge in [-0.15, -0.1) is 0 Å². The van der Waals surface area contributed by atoms with Crippen LogP contribution in [-0.2, 0) is 14.4 Å². The fourth-order valence-corrected chi connectivity index (χ4v) is 3.07. The molecule has 3 aromatic carbocycles. The number of anilines is 2. The summed E-state index contributed by atoms with van der Waals surface area (Å²) in [6.07, 6.45) is 1.33. The van der Waals surface area contributed by atoms with Crippen molar-refractivity contribution in [2.24, 2.45) is 5.10 Å². The highest BCUT2D eigenvalue weighted by molar-refractivity contribution is 6.39. The first-order valence-electron chi connectivity index (χ1n) is 10.4. The number of carbonyl (C=O) groups is 3. The lowest BCUT2D eigenvalue weighted by molar-refractivity contribution is -0.136. The monoisotopic (exact) mass is 496 g/mol. The van der Waals surface area contributed by atoms with E-state index < -0.39 is 23.5 Å². The van der Waals surface area contributed by atoms with E-state index in [2.05, 4.69) is 21.2 Å². The Labute approximate surface area is 206 Å². The molecule has 8 nitrogen and oxygen atoms in total. The molecule has 0 heterocycles.